The van der Waals surface area contributed by atoms with Gasteiger partial charge in [-0.3, -0.25) is 14.9 Å². The molecule has 0 spiro atoms. The Morgan fingerprint density at radius 2 is 1.81 bits per heavy atom. The van der Waals surface area contributed by atoms with Crippen molar-refractivity contribution in [2.45, 2.75) is 0 Å². The number of urea groups is 1. The summed E-state index contributed by atoms with van der Waals surface area (Å²) in [5.74, 6) is -2.92. The van der Waals surface area contributed by atoms with Crippen molar-refractivity contribution in [2.24, 2.45) is 0 Å². The molecule has 1 aliphatic rings. The van der Waals surface area contributed by atoms with Gasteiger partial charge in [0.15, 0.2) is 0 Å². The predicted octanol–water partition coefficient (Wildman–Crippen LogP) is 3.36. The van der Waals surface area contributed by atoms with Crippen LogP contribution >= 0.6 is 23.2 Å². The molecule has 7 nitrogen and oxygen atoms in total. The molecule has 2 aromatic carbocycles. The van der Waals surface area contributed by atoms with Crippen LogP contribution in [0.3, 0.4) is 0 Å². The number of carbonyl (C=O) groups excluding carboxylic acids is 3. The number of halogens is 2. The molecule has 4 amide bonds. The highest BCUT2D eigenvalue weighted by Gasteiger charge is 2.36. The summed E-state index contributed by atoms with van der Waals surface area (Å²) in [7, 11) is 0. The van der Waals surface area contributed by atoms with Gasteiger partial charge in [0, 0.05) is 5.02 Å². The lowest BCUT2D eigenvalue weighted by Gasteiger charge is -2.26. The molecule has 136 valence electrons. The van der Waals surface area contributed by atoms with Crippen LogP contribution < -0.4 is 10.2 Å². The van der Waals surface area contributed by atoms with Gasteiger partial charge in [-0.2, -0.15) is 0 Å². The van der Waals surface area contributed by atoms with E-state index in [0.29, 0.717) is 10.6 Å². The summed E-state index contributed by atoms with van der Waals surface area (Å²) < 4.78 is 0. The van der Waals surface area contributed by atoms with Gasteiger partial charge in [0.1, 0.15) is 5.57 Å². The molecule has 0 saturated carbocycles. The molecule has 3 rings (SSSR count). The van der Waals surface area contributed by atoms with E-state index in [1.54, 1.807) is 12.1 Å². The van der Waals surface area contributed by atoms with Crippen molar-refractivity contribution in [1.29, 1.82) is 0 Å². The maximum atomic E-state index is 12.7. The Bertz CT molecular complexity index is 1030. The minimum atomic E-state index is -1.21. The van der Waals surface area contributed by atoms with Crippen molar-refractivity contribution < 1.29 is 24.3 Å². The fraction of sp³-hybridized carbons (Fsp3) is 0. The minimum absolute atomic E-state index is 0.0525. The predicted molar refractivity (Wildman–Crippen MR) is 98.9 cm³/mol. The lowest BCUT2D eigenvalue weighted by atomic mass is 10.1. The Morgan fingerprint density at radius 3 is 2.44 bits per heavy atom. The van der Waals surface area contributed by atoms with E-state index in [0.717, 1.165) is 4.90 Å². The first-order chi connectivity index (χ1) is 12.8. The molecule has 9 heteroatoms. The van der Waals surface area contributed by atoms with E-state index >= 15 is 0 Å². The molecule has 0 bridgehead atoms. The quantitative estimate of drug-likeness (QED) is 0.602. The Kier molecular flexibility index (Phi) is 4.98. The standard InChI is InChI=1S/C18H10Cl2N2O5/c19-10-2-1-3-11(8-10)22-16(24)13(15(23)21-18(22)27)6-9-4-5-12(17(25)26)14(20)7-9/h1-8H,(H,25,26)(H,21,23,27)/b13-6-. The number of anilines is 1. The number of aromatic carboxylic acids is 1. The summed E-state index contributed by atoms with van der Waals surface area (Å²) in [6.45, 7) is 0. The molecule has 0 radical (unpaired) electrons. The lowest BCUT2D eigenvalue weighted by Crippen LogP contribution is -2.54. The maximum Gasteiger partial charge on any atom is 0.337 e. The van der Waals surface area contributed by atoms with Gasteiger partial charge in [0.25, 0.3) is 11.8 Å². The van der Waals surface area contributed by atoms with Gasteiger partial charge in [-0.15, -0.1) is 0 Å². The summed E-state index contributed by atoms with van der Waals surface area (Å²) >= 11 is 11.8. The van der Waals surface area contributed by atoms with Gasteiger partial charge in [-0.1, -0.05) is 35.3 Å². The average molecular weight is 405 g/mol. The highest BCUT2D eigenvalue weighted by molar-refractivity contribution is 6.39. The first-order valence-electron chi connectivity index (χ1n) is 7.48. The van der Waals surface area contributed by atoms with E-state index in [1.807, 2.05) is 0 Å². The van der Waals surface area contributed by atoms with Crippen molar-refractivity contribution in [3.8, 4) is 0 Å². The number of hydrogen-bond acceptors (Lipinski definition) is 4. The molecule has 0 aliphatic carbocycles. The van der Waals surface area contributed by atoms with Crippen LogP contribution in [0.1, 0.15) is 15.9 Å². The molecule has 0 aromatic heterocycles. The molecule has 2 aromatic rings. The number of benzene rings is 2. The summed E-state index contributed by atoms with van der Waals surface area (Å²) in [6, 6.07) is 9.08. The summed E-state index contributed by atoms with van der Waals surface area (Å²) in [6.07, 6.45) is 1.22. The van der Waals surface area contributed by atoms with Crippen LogP contribution in [0.5, 0.6) is 0 Å². The van der Waals surface area contributed by atoms with E-state index in [9.17, 15) is 19.2 Å². The molecule has 27 heavy (non-hydrogen) atoms. The molecule has 1 aliphatic heterocycles. The normalized spacial score (nSPS) is 15.9. The monoisotopic (exact) mass is 404 g/mol. The zero-order valence-corrected chi connectivity index (χ0v) is 14.9. The largest absolute Gasteiger partial charge is 0.478 e. The fourth-order valence-electron chi connectivity index (χ4n) is 2.47. The summed E-state index contributed by atoms with van der Waals surface area (Å²) in [5.41, 5.74) is 0.0919. The van der Waals surface area contributed by atoms with Crippen LogP contribution in [-0.4, -0.2) is 28.9 Å². The van der Waals surface area contributed by atoms with E-state index in [-0.39, 0.29) is 21.8 Å². The van der Waals surface area contributed by atoms with Crippen molar-refractivity contribution in [2.75, 3.05) is 4.90 Å². The van der Waals surface area contributed by atoms with Crippen molar-refractivity contribution in [1.82, 2.24) is 5.32 Å². The lowest BCUT2D eigenvalue weighted by molar-refractivity contribution is -0.122. The van der Waals surface area contributed by atoms with Crippen LogP contribution in [0.4, 0.5) is 10.5 Å². The van der Waals surface area contributed by atoms with Crippen molar-refractivity contribution in [3.63, 3.8) is 0 Å². The van der Waals surface area contributed by atoms with Crippen LogP contribution in [0, 0.1) is 0 Å². The third kappa shape index (κ3) is 3.69. The zero-order chi connectivity index (χ0) is 19.7. The zero-order valence-electron chi connectivity index (χ0n) is 13.4. The van der Waals surface area contributed by atoms with E-state index in [1.165, 1.54) is 36.4 Å². The van der Waals surface area contributed by atoms with Gasteiger partial charge in [-0.25, -0.2) is 14.5 Å². The van der Waals surface area contributed by atoms with Crippen molar-refractivity contribution in [3.05, 3.63) is 69.2 Å². The fourth-order valence-corrected chi connectivity index (χ4v) is 2.92. The van der Waals surface area contributed by atoms with Crippen LogP contribution in [-0.2, 0) is 9.59 Å². The third-order valence-electron chi connectivity index (χ3n) is 3.70. The Balaban J connectivity index is 2.02. The molecule has 0 unspecified atom stereocenters. The van der Waals surface area contributed by atoms with E-state index in [4.69, 9.17) is 28.3 Å². The number of carbonyl (C=O) groups is 4. The third-order valence-corrected chi connectivity index (χ3v) is 4.25. The SMILES string of the molecule is O=C1NC(=O)N(c2cccc(Cl)c2)C(=O)/C1=C\c1ccc(C(=O)O)c(Cl)c1. The molecule has 1 fully saturated rings. The number of nitrogens with zero attached hydrogens (tertiary/aromatic N) is 1. The van der Waals surface area contributed by atoms with Gasteiger partial charge >= 0.3 is 12.0 Å². The highest BCUT2D eigenvalue weighted by atomic mass is 35.5. The van der Waals surface area contributed by atoms with Gasteiger partial charge in [0.2, 0.25) is 0 Å². The van der Waals surface area contributed by atoms with Gasteiger partial charge in [0.05, 0.1) is 16.3 Å². The molecular weight excluding hydrogens is 395 g/mol. The summed E-state index contributed by atoms with van der Waals surface area (Å²) in [4.78, 5) is 48.8. The highest BCUT2D eigenvalue weighted by Crippen LogP contribution is 2.25. The molecule has 0 atom stereocenters. The number of carboxylic acid groups (broad SMARTS) is 1. The average Bonchev–Trinajstić information content (AvgIpc) is 2.58. The van der Waals surface area contributed by atoms with Crippen LogP contribution in [0.15, 0.2) is 48.0 Å². The Hall–Kier alpha value is -3.16. The number of imide groups is 2. The van der Waals surface area contributed by atoms with E-state index in [2.05, 4.69) is 5.32 Å². The number of barbiturate groups is 1. The Labute approximate surface area is 162 Å². The number of carboxylic acids is 1. The maximum absolute atomic E-state index is 12.7. The number of hydrogen-bond donors (Lipinski definition) is 2. The second-order valence-corrected chi connectivity index (χ2v) is 6.33. The molecular formula is C18H10Cl2N2O5. The number of rotatable bonds is 3. The number of amides is 4. The summed E-state index contributed by atoms with van der Waals surface area (Å²) in [5, 5.41) is 11.3. The molecule has 2 N–H and O–H groups in total. The Morgan fingerprint density at radius 1 is 1.07 bits per heavy atom. The first-order valence-corrected chi connectivity index (χ1v) is 8.23. The molecule has 1 heterocycles. The first kappa shape index (κ1) is 18.6. The van der Waals surface area contributed by atoms with Gasteiger partial charge < -0.3 is 5.11 Å². The topological polar surface area (TPSA) is 104 Å². The van der Waals surface area contributed by atoms with Crippen LogP contribution in [0.25, 0.3) is 6.08 Å². The molecule has 1 saturated heterocycles. The second kappa shape index (κ2) is 7.22. The second-order valence-electron chi connectivity index (χ2n) is 5.48. The van der Waals surface area contributed by atoms with Crippen LogP contribution in [0.2, 0.25) is 10.0 Å². The van der Waals surface area contributed by atoms with E-state index < -0.39 is 23.8 Å². The van der Waals surface area contributed by atoms with Gasteiger partial charge in [-0.05, 0) is 42.0 Å². The minimum Gasteiger partial charge on any atom is -0.478 e. The smallest absolute Gasteiger partial charge is 0.337 e. The number of nitrogens with one attached hydrogen (secondary N) is 1. The van der Waals surface area contributed by atoms with Crippen molar-refractivity contribution >= 4 is 58.8 Å².